The van der Waals surface area contributed by atoms with E-state index in [1.807, 2.05) is 36.3 Å². The van der Waals surface area contributed by atoms with Crippen molar-refractivity contribution >= 4 is 18.0 Å². The molecule has 2 N–H and O–H groups in total. The highest BCUT2D eigenvalue weighted by atomic mass is 19.4. The molecular formula is C25H28F6N8O6. The summed E-state index contributed by atoms with van der Waals surface area (Å²) in [6, 6.07) is 3.91. The Labute approximate surface area is 250 Å². The van der Waals surface area contributed by atoms with E-state index in [1.54, 1.807) is 11.1 Å². The van der Waals surface area contributed by atoms with Crippen LogP contribution in [0.15, 0.2) is 36.9 Å². The van der Waals surface area contributed by atoms with E-state index in [4.69, 9.17) is 24.5 Å². The number of ether oxygens (including phenoxy) is 1. The third-order valence-corrected chi connectivity index (χ3v) is 6.81. The molecule has 0 bridgehead atoms. The summed E-state index contributed by atoms with van der Waals surface area (Å²) in [6.45, 7) is 3.66. The van der Waals surface area contributed by atoms with Gasteiger partial charge in [-0.3, -0.25) is 19.5 Å². The average molecular weight is 651 g/mol. The number of fused-ring (bicyclic) bond motifs is 2. The number of rotatable bonds is 3. The van der Waals surface area contributed by atoms with Crippen LogP contribution in [0, 0.1) is 0 Å². The molecular weight excluding hydrogens is 622 g/mol. The van der Waals surface area contributed by atoms with Gasteiger partial charge in [0.05, 0.1) is 25.4 Å². The third kappa shape index (κ3) is 8.89. The largest absolute Gasteiger partial charge is 0.490 e. The van der Waals surface area contributed by atoms with E-state index < -0.39 is 24.3 Å². The maximum Gasteiger partial charge on any atom is 0.490 e. The minimum Gasteiger partial charge on any atom is -0.475 e. The van der Waals surface area contributed by atoms with Crippen molar-refractivity contribution < 1.29 is 55.7 Å². The van der Waals surface area contributed by atoms with Crippen LogP contribution in [0.3, 0.4) is 0 Å². The summed E-state index contributed by atoms with van der Waals surface area (Å²) >= 11 is 0. The molecule has 14 nitrogen and oxygen atoms in total. The lowest BCUT2D eigenvalue weighted by atomic mass is 9.84. The van der Waals surface area contributed by atoms with Gasteiger partial charge in [-0.1, -0.05) is 0 Å². The number of amides is 1. The number of carbonyl (C=O) groups excluding carboxylic acids is 1. The van der Waals surface area contributed by atoms with Gasteiger partial charge in [-0.25, -0.2) is 14.4 Å². The van der Waals surface area contributed by atoms with Crippen molar-refractivity contribution in [2.45, 2.75) is 43.8 Å². The van der Waals surface area contributed by atoms with Gasteiger partial charge in [-0.2, -0.15) is 31.4 Å². The molecule has 0 radical (unpaired) electrons. The normalized spacial score (nSPS) is 16.0. The number of carboxylic acid groups (broad SMARTS) is 2. The fraction of sp³-hybridized carbons (Fsp3) is 0.480. The van der Waals surface area contributed by atoms with Gasteiger partial charge in [0.15, 0.2) is 11.6 Å². The van der Waals surface area contributed by atoms with Crippen molar-refractivity contribution in [3.8, 4) is 11.4 Å². The first-order chi connectivity index (χ1) is 21.0. The second-order valence-electron chi connectivity index (χ2n) is 9.97. The predicted molar refractivity (Wildman–Crippen MR) is 139 cm³/mol. The van der Waals surface area contributed by atoms with Crippen molar-refractivity contribution in [2.24, 2.45) is 7.05 Å². The molecule has 20 heteroatoms. The Kier molecular flexibility index (Phi) is 10.7. The van der Waals surface area contributed by atoms with Crippen LogP contribution in [0.5, 0.6) is 0 Å². The second-order valence-corrected chi connectivity index (χ2v) is 9.97. The van der Waals surface area contributed by atoms with Crippen LogP contribution < -0.4 is 0 Å². The molecule has 0 atom stereocenters. The molecule has 45 heavy (non-hydrogen) atoms. The number of alkyl halides is 6. The Morgan fingerprint density at radius 1 is 1.00 bits per heavy atom. The molecule has 2 aliphatic rings. The molecule has 1 amide bonds. The first kappa shape index (κ1) is 34.7. The Bertz CT molecular complexity index is 1440. The molecule has 5 heterocycles. The highest BCUT2D eigenvalue weighted by Gasteiger charge is 2.46. The lowest BCUT2D eigenvalue weighted by Crippen LogP contribution is -2.57. The molecule has 1 spiro atoms. The fourth-order valence-electron chi connectivity index (χ4n) is 4.83. The Balaban J connectivity index is 0.000000331. The molecule has 2 aliphatic heterocycles. The quantitative estimate of drug-likeness (QED) is 0.400. The summed E-state index contributed by atoms with van der Waals surface area (Å²) in [6.07, 6.45) is -1.17. The van der Waals surface area contributed by atoms with E-state index in [9.17, 15) is 31.1 Å². The van der Waals surface area contributed by atoms with E-state index in [0.29, 0.717) is 13.1 Å². The van der Waals surface area contributed by atoms with Crippen LogP contribution in [-0.2, 0) is 40.0 Å². The van der Waals surface area contributed by atoms with Crippen LogP contribution >= 0.6 is 0 Å². The van der Waals surface area contributed by atoms with Crippen LogP contribution in [0.1, 0.15) is 24.2 Å². The lowest BCUT2D eigenvalue weighted by Gasteiger charge is -2.48. The number of aliphatic carboxylic acids is 2. The van der Waals surface area contributed by atoms with E-state index in [2.05, 4.69) is 35.9 Å². The van der Waals surface area contributed by atoms with Crippen LogP contribution in [0.2, 0.25) is 0 Å². The monoisotopic (exact) mass is 650 g/mol. The summed E-state index contributed by atoms with van der Waals surface area (Å²) in [4.78, 5) is 38.6. The maximum absolute atomic E-state index is 12.4. The molecule has 0 aliphatic carbocycles. The zero-order valence-corrected chi connectivity index (χ0v) is 23.8. The molecule has 0 unspecified atom stereocenters. The number of halogens is 6. The van der Waals surface area contributed by atoms with E-state index >= 15 is 0 Å². The van der Waals surface area contributed by atoms with Gasteiger partial charge < -0.3 is 19.5 Å². The number of hydrogen-bond acceptors (Lipinski definition) is 9. The lowest BCUT2D eigenvalue weighted by molar-refractivity contribution is -0.193. The second kappa shape index (κ2) is 13.9. The number of methoxy groups -OCH3 is 1. The number of carbonyl (C=O) groups is 3. The Morgan fingerprint density at radius 3 is 2.07 bits per heavy atom. The van der Waals surface area contributed by atoms with Gasteiger partial charge in [0.1, 0.15) is 0 Å². The zero-order chi connectivity index (χ0) is 33.6. The predicted octanol–water partition coefficient (Wildman–Crippen LogP) is 2.91. The van der Waals surface area contributed by atoms with Crippen LogP contribution in [0.25, 0.3) is 11.4 Å². The van der Waals surface area contributed by atoms with E-state index in [1.165, 1.54) is 12.7 Å². The van der Waals surface area contributed by atoms with Crippen LogP contribution in [0.4, 0.5) is 31.1 Å². The van der Waals surface area contributed by atoms with Crippen molar-refractivity contribution in [3.63, 3.8) is 0 Å². The van der Waals surface area contributed by atoms with Crippen molar-refractivity contribution in [3.05, 3.63) is 48.3 Å². The first-order valence-corrected chi connectivity index (χ1v) is 12.9. The number of carboxylic acids is 2. The molecule has 5 rings (SSSR count). The molecule has 0 saturated carbocycles. The smallest absolute Gasteiger partial charge is 0.475 e. The maximum atomic E-state index is 12.4. The highest BCUT2D eigenvalue weighted by Crippen LogP contribution is 2.39. The standard InChI is InChI=1S/C21H26N8O2.2C2HF3O2/c1-26-12-16(10-23-26)13-27-8-5-21(6-9-27)15-28(20(30)31-2)14-18-24-25-19(29(18)21)17-4-3-7-22-11-17;2*3-2(4,5)1(6)7/h3-4,7,10-12H,5-6,8-9,13-15H2,1-2H3;2*(H,6,7). The Morgan fingerprint density at radius 2 is 1.60 bits per heavy atom. The number of aryl methyl sites for hydroxylation is 1. The number of aromatic nitrogens is 6. The van der Waals surface area contributed by atoms with Gasteiger partial charge in [-0.05, 0) is 25.0 Å². The SMILES string of the molecule is COC(=O)N1Cc2nnc(-c3cccnc3)n2C2(CCN(Cc3cnn(C)c3)CC2)C1.O=C(O)C(F)(F)F.O=C(O)C(F)(F)F. The number of piperidine rings is 1. The summed E-state index contributed by atoms with van der Waals surface area (Å²) in [5.74, 6) is -3.91. The van der Waals surface area contributed by atoms with Gasteiger partial charge in [-0.15, -0.1) is 10.2 Å². The summed E-state index contributed by atoms with van der Waals surface area (Å²) in [5, 5.41) is 27.5. The molecule has 0 aromatic carbocycles. The van der Waals surface area contributed by atoms with Crippen molar-refractivity contribution in [2.75, 3.05) is 26.7 Å². The number of likely N-dealkylation sites (tertiary alicyclic amines) is 1. The van der Waals surface area contributed by atoms with Gasteiger partial charge in [0.25, 0.3) is 0 Å². The summed E-state index contributed by atoms with van der Waals surface area (Å²) in [7, 11) is 3.36. The molecule has 246 valence electrons. The first-order valence-electron chi connectivity index (χ1n) is 12.9. The molecule has 3 aromatic rings. The topological polar surface area (TPSA) is 169 Å². The minimum absolute atomic E-state index is 0.276. The number of hydrogen-bond donors (Lipinski definition) is 2. The molecule has 1 saturated heterocycles. The van der Waals surface area contributed by atoms with Crippen molar-refractivity contribution in [1.29, 1.82) is 0 Å². The Hall–Kier alpha value is -4.75. The van der Waals surface area contributed by atoms with E-state index in [-0.39, 0.29) is 11.6 Å². The summed E-state index contributed by atoms with van der Waals surface area (Å²) in [5.41, 5.74) is 1.87. The summed E-state index contributed by atoms with van der Waals surface area (Å²) < 4.78 is 72.6. The fourth-order valence-corrected chi connectivity index (χ4v) is 4.83. The highest BCUT2D eigenvalue weighted by molar-refractivity contribution is 5.73. The molecule has 3 aromatic heterocycles. The van der Waals surface area contributed by atoms with E-state index in [0.717, 1.165) is 49.7 Å². The average Bonchev–Trinajstić information content (AvgIpc) is 3.60. The minimum atomic E-state index is -5.08. The van der Waals surface area contributed by atoms with Crippen LogP contribution in [-0.4, -0.2) is 107 Å². The number of pyridine rings is 1. The van der Waals surface area contributed by atoms with Gasteiger partial charge in [0.2, 0.25) is 0 Å². The number of nitrogens with zero attached hydrogens (tertiary/aromatic N) is 8. The van der Waals surface area contributed by atoms with Gasteiger partial charge >= 0.3 is 30.4 Å². The van der Waals surface area contributed by atoms with Gasteiger partial charge in [0, 0.05) is 62.9 Å². The zero-order valence-electron chi connectivity index (χ0n) is 23.8. The van der Waals surface area contributed by atoms with Crippen molar-refractivity contribution in [1.82, 2.24) is 39.3 Å². The molecule has 1 fully saturated rings. The third-order valence-electron chi connectivity index (χ3n) is 6.81.